The van der Waals surface area contributed by atoms with Gasteiger partial charge in [-0.15, -0.1) is 0 Å². The number of piperidine rings is 2. The SMILES string of the molecule is CCC1CCCCN1C(=O)CN1CCC(N)C(C)(C)C1. The lowest BCUT2D eigenvalue weighted by atomic mass is 9.80. The molecule has 2 fully saturated rings. The summed E-state index contributed by atoms with van der Waals surface area (Å²) in [6.07, 6.45) is 5.70. The Balaban J connectivity index is 1.91. The maximum absolute atomic E-state index is 12.6. The summed E-state index contributed by atoms with van der Waals surface area (Å²) in [5.74, 6) is 0.322. The molecule has 0 aromatic rings. The van der Waals surface area contributed by atoms with Gasteiger partial charge in [0.1, 0.15) is 0 Å². The van der Waals surface area contributed by atoms with Crippen molar-refractivity contribution in [2.75, 3.05) is 26.2 Å². The molecule has 2 aliphatic rings. The first kappa shape index (κ1) is 15.8. The van der Waals surface area contributed by atoms with E-state index in [4.69, 9.17) is 5.73 Å². The van der Waals surface area contributed by atoms with E-state index in [1.54, 1.807) is 0 Å². The fraction of sp³-hybridized carbons (Fsp3) is 0.938. The van der Waals surface area contributed by atoms with Crippen molar-refractivity contribution in [3.05, 3.63) is 0 Å². The van der Waals surface area contributed by atoms with Crippen molar-refractivity contribution in [2.24, 2.45) is 11.1 Å². The molecule has 2 N–H and O–H groups in total. The Labute approximate surface area is 123 Å². The smallest absolute Gasteiger partial charge is 0.236 e. The molecule has 4 nitrogen and oxygen atoms in total. The van der Waals surface area contributed by atoms with E-state index >= 15 is 0 Å². The van der Waals surface area contributed by atoms with Gasteiger partial charge >= 0.3 is 0 Å². The van der Waals surface area contributed by atoms with Gasteiger partial charge in [0.05, 0.1) is 6.54 Å². The third-order valence-corrected chi connectivity index (χ3v) is 5.17. The van der Waals surface area contributed by atoms with Crippen molar-refractivity contribution in [1.29, 1.82) is 0 Å². The van der Waals surface area contributed by atoms with Gasteiger partial charge in [-0.25, -0.2) is 0 Å². The third-order valence-electron chi connectivity index (χ3n) is 5.17. The summed E-state index contributed by atoms with van der Waals surface area (Å²) in [6, 6.07) is 0.725. The van der Waals surface area contributed by atoms with Crippen LogP contribution in [0, 0.1) is 5.41 Å². The maximum atomic E-state index is 12.6. The number of nitrogens with two attached hydrogens (primary N) is 1. The number of hydrogen-bond donors (Lipinski definition) is 1. The predicted octanol–water partition coefficient (Wildman–Crippen LogP) is 1.84. The zero-order chi connectivity index (χ0) is 14.8. The monoisotopic (exact) mass is 281 g/mol. The Bertz CT molecular complexity index is 343. The minimum Gasteiger partial charge on any atom is -0.339 e. The maximum Gasteiger partial charge on any atom is 0.236 e. The van der Waals surface area contributed by atoms with Gasteiger partial charge in [-0.2, -0.15) is 0 Å². The fourth-order valence-corrected chi connectivity index (χ4v) is 3.66. The molecular weight excluding hydrogens is 250 g/mol. The Morgan fingerprint density at radius 1 is 1.25 bits per heavy atom. The van der Waals surface area contributed by atoms with E-state index in [0.29, 0.717) is 18.5 Å². The summed E-state index contributed by atoms with van der Waals surface area (Å²) < 4.78 is 0. The molecule has 2 atom stereocenters. The lowest BCUT2D eigenvalue weighted by Gasteiger charge is -2.43. The standard InChI is InChI=1S/C16H31N3O/c1-4-13-7-5-6-9-19(13)15(20)11-18-10-8-14(17)16(2,3)12-18/h13-14H,4-12,17H2,1-3H3. The van der Waals surface area contributed by atoms with Crippen molar-refractivity contribution >= 4 is 5.91 Å². The quantitative estimate of drug-likeness (QED) is 0.858. The van der Waals surface area contributed by atoms with Crippen LogP contribution in [0.25, 0.3) is 0 Å². The van der Waals surface area contributed by atoms with Gasteiger partial charge in [-0.3, -0.25) is 9.69 Å². The molecule has 2 saturated heterocycles. The van der Waals surface area contributed by atoms with Gasteiger partial charge in [-0.05, 0) is 37.5 Å². The third kappa shape index (κ3) is 3.53. The molecule has 0 radical (unpaired) electrons. The largest absolute Gasteiger partial charge is 0.339 e. The first-order valence-electron chi connectivity index (χ1n) is 8.21. The zero-order valence-corrected chi connectivity index (χ0v) is 13.4. The zero-order valence-electron chi connectivity index (χ0n) is 13.4. The fourth-order valence-electron chi connectivity index (χ4n) is 3.66. The summed E-state index contributed by atoms with van der Waals surface area (Å²) >= 11 is 0. The van der Waals surface area contributed by atoms with E-state index in [-0.39, 0.29) is 11.5 Å². The van der Waals surface area contributed by atoms with Gasteiger partial charge in [0.25, 0.3) is 0 Å². The Morgan fingerprint density at radius 3 is 2.65 bits per heavy atom. The number of likely N-dealkylation sites (tertiary alicyclic amines) is 2. The molecule has 0 aliphatic carbocycles. The molecular formula is C16H31N3O. The number of rotatable bonds is 3. The van der Waals surface area contributed by atoms with Crippen LogP contribution in [0.1, 0.15) is 52.9 Å². The molecule has 116 valence electrons. The van der Waals surface area contributed by atoms with Gasteiger partial charge in [0, 0.05) is 31.7 Å². The summed E-state index contributed by atoms with van der Waals surface area (Å²) in [5, 5.41) is 0. The summed E-state index contributed by atoms with van der Waals surface area (Å²) in [7, 11) is 0. The highest BCUT2D eigenvalue weighted by atomic mass is 16.2. The average molecular weight is 281 g/mol. The van der Waals surface area contributed by atoms with Crippen molar-refractivity contribution < 1.29 is 4.79 Å². The van der Waals surface area contributed by atoms with Crippen LogP contribution in [0.2, 0.25) is 0 Å². The molecule has 4 heteroatoms. The minimum atomic E-state index is 0.116. The van der Waals surface area contributed by atoms with Gasteiger partial charge in [-0.1, -0.05) is 20.8 Å². The normalized spacial score (nSPS) is 31.3. The molecule has 0 saturated carbocycles. The summed E-state index contributed by atoms with van der Waals surface area (Å²) in [6.45, 7) is 10.0. The molecule has 1 amide bonds. The Hall–Kier alpha value is -0.610. The number of carbonyl (C=O) groups excluding carboxylic acids is 1. The van der Waals surface area contributed by atoms with Crippen LogP contribution in [0.3, 0.4) is 0 Å². The lowest BCUT2D eigenvalue weighted by molar-refractivity contribution is -0.137. The van der Waals surface area contributed by atoms with Crippen LogP contribution < -0.4 is 5.73 Å². The molecule has 0 aromatic heterocycles. The van der Waals surface area contributed by atoms with E-state index in [9.17, 15) is 4.79 Å². The van der Waals surface area contributed by atoms with Crippen molar-refractivity contribution in [3.63, 3.8) is 0 Å². The highest BCUT2D eigenvalue weighted by Gasteiger charge is 2.35. The van der Waals surface area contributed by atoms with E-state index in [1.807, 2.05) is 0 Å². The van der Waals surface area contributed by atoms with Crippen molar-refractivity contribution in [1.82, 2.24) is 9.80 Å². The van der Waals surface area contributed by atoms with E-state index < -0.39 is 0 Å². The molecule has 2 rings (SSSR count). The van der Waals surface area contributed by atoms with Crippen LogP contribution in [0.5, 0.6) is 0 Å². The van der Waals surface area contributed by atoms with Crippen LogP contribution >= 0.6 is 0 Å². The second kappa shape index (κ2) is 6.44. The predicted molar refractivity (Wildman–Crippen MR) is 82.5 cm³/mol. The van der Waals surface area contributed by atoms with E-state index in [1.165, 1.54) is 19.3 Å². The number of carbonyl (C=O) groups is 1. The van der Waals surface area contributed by atoms with E-state index in [0.717, 1.165) is 32.5 Å². The van der Waals surface area contributed by atoms with Crippen molar-refractivity contribution in [3.8, 4) is 0 Å². The first-order chi connectivity index (χ1) is 9.44. The van der Waals surface area contributed by atoms with Gasteiger partial charge < -0.3 is 10.6 Å². The Morgan fingerprint density at radius 2 is 2.00 bits per heavy atom. The molecule has 2 unspecified atom stereocenters. The van der Waals surface area contributed by atoms with E-state index in [2.05, 4.69) is 30.6 Å². The molecule has 0 bridgehead atoms. The second-order valence-corrected chi connectivity index (χ2v) is 7.24. The first-order valence-corrected chi connectivity index (χ1v) is 8.21. The molecule has 2 aliphatic heterocycles. The summed E-state index contributed by atoms with van der Waals surface area (Å²) in [4.78, 5) is 17.0. The van der Waals surface area contributed by atoms with Gasteiger partial charge in [0.15, 0.2) is 0 Å². The molecule has 2 heterocycles. The summed E-state index contributed by atoms with van der Waals surface area (Å²) in [5.41, 5.74) is 6.29. The highest BCUT2D eigenvalue weighted by Crippen LogP contribution is 2.28. The topological polar surface area (TPSA) is 49.6 Å². The minimum absolute atomic E-state index is 0.116. The Kier molecular flexibility index (Phi) is 5.08. The van der Waals surface area contributed by atoms with Crippen LogP contribution in [0.15, 0.2) is 0 Å². The van der Waals surface area contributed by atoms with Gasteiger partial charge in [0.2, 0.25) is 5.91 Å². The lowest BCUT2D eigenvalue weighted by Crippen LogP contribution is -2.55. The second-order valence-electron chi connectivity index (χ2n) is 7.24. The highest BCUT2D eigenvalue weighted by molar-refractivity contribution is 5.78. The van der Waals surface area contributed by atoms with Crippen LogP contribution in [-0.4, -0.2) is 54.0 Å². The van der Waals surface area contributed by atoms with Crippen molar-refractivity contribution in [2.45, 2.75) is 65.0 Å². The number of nitrogens with zero attached hydrogens (tertiary/aromatic N) is 2. The van der Waals surface area contributed by atoms with Crippen LogP contribution in [0.4, 0.5) is 0 Å². The average Bonchev–Trinajstić information content (AvgIpc) is 2.42. The van der Waals surface area contributed by atoms with Crippen LogP contribution in [-0.2, 0) is 4.79 Å². The number of amides is 1. The number of hydrogen-bond acceptors (Lipinski definition) is 3. The molecule has 20 heavy (non-hydrogen) atoms. The molecule has 0 aromatic carbocycles. The molecule has 0 spiro atoms.